The third-order valence-corrected chi connectivity index (χ3v) is 5.71. The lowest BCUT2D eigenvalue weighted by Crippen LogP contribution is -2.10. The first-order chi connectivity index (χ1) is 10.3. The van der Waals surface area contributed by atoms with E-state index in [9.17, 15) is 4.79 Å². The van der Waals surface area contributed by atoms with Crippen LogP contribution in [0.1, 0.15) is 25.7 Å². The van der Waals surface area contributed by atoms with Gasteiger partial charge in [-0.15, -0.1) is 11.3 Å². The summed E-state index contributed by atoms with van der Waals surface area (Å²) in [7, 11) is 0. The minimum absolute atomic E-state index is 0.0330. The summed E-state index contributed by atoms with van der Waals surface area (Å²) < 4.78 is 0. The van der Waals surface area contributed by atoms with Crippen LogP contribution in [0.4, 0.5) is 5.69 Å². The lowest BCUT2D eigenvalue weighted by Gasteiger charge is -2.08. The molecule has 0 unspecified atom stereocenters. The molecule has 1 aliphatic rings. The molecule has 0 atom stereocenters. The highest BCUT2D eigenvalue weighted by molar-refractivity contribution is 7.98. The summed E-state index contributed by atoms with van der Waals surface area (Å²) in [5.41, 5.74) is 3.18. The maximum atomic E-state index is 12.3. The quantitative estimate of drug-likeness (QED) is 0.909. The molecular weight excluding hydrogens is 302 g/mol. The van der Waals surface area contributed by atoms with Gasteiger partial charge in [-0.25, -0.2) is 0 Å². The highest BCUT2D eigenvalue weighted by atomic mass is 32.2. The van der Waals surface area contributed by atoms with Gasteiger partial charge in [0.15, 0.2) is 0 Å². The zero-order chi connectivity index (χ0) is 14.7. The largest absolute Gasteiger partial charge is 0.396 e. The number of aryl methyl sites for hydroxylation is 1. The van der Waals surface area contributed by atoms with Gasteiger partial charge >= 0.3 is 0 Å². The average Bonchev–Trinajstić information content (AvgIpc) is 2.94. The van der Waals surface area contributed by atoms with E-state index in [4.69, 9.17) is 5.11 Å². The fraction of sp³-hybridized carbons (Fsp3) is 0.312. The van der Waals surface area contributed by atoms with E-state index in [-0.39, 0.29) is 12.5 Å². The van der Waals surface area contributed by atoms with Gasteiger partial charge in [0, 0.05) is 22.9 Å². The van der Waals surface area contributed by atoms with Gasteiger partial charge in [-0.3, -0.25) is 4.79 Å². The molecule has 0 saturated heterocycles. The molecule has 0 radical (unpaired) electrons. The van der Waals surface area contributed by atoms with Gasteiger partial charge in [-0.2, -0.15) is 11.8 Å². The van der Waals surface area contributed by atoms with E-state index in [0.717, 1.165) is 34.1 Å². The van der Waals surface area contributed by atoms with Crippen LogP contribution >= 0.6 is 23.1 Å². The maximum Gasteiger partial charge on any atom is 0.265 e. The average molecular weight is 319 g/mol. The number of hydrogen-bond acceptors (Lipinski definition) is 4. The smallest absolute Gasteiger partial charge is 0.265 e. The van der Waals surface area contributed by atoms with E-state index in [1.165, 1.54) is 10.4 Å². The molecule has 2 aromatic rings. The predicted octanol–water partition coefficient (Wildman–Crippen LogP) is 3.32. The minimum atomic E-state index is -0.0330. The number of thiophene rings is 1. The van der Waals surface area contributed by atoms with Crippen LogP contribution < -0.4 is 5.32 Å². The molecule has 0 spiro atoms. The fourth-order valence-electron chi connectivity index (χ4n) is 2.34. The van der Waals surface area contributed by atoms with Crippen LogP contribution in [0.2, 0.25) is 0 Å². The summed E-state index contributed by atoms with van der Waals surface area (Å²) in [6.45, 7) is 0.143. The maximum absolute atomic E-state index is 12.3. The minimum Gasteiger partial charge on any atom is -0.396 e. The molecule has 0 fully saturated rings. The van der Waals surface area contributed by atoms with E-state index >= 15 is 0 Å². The zero-order valence-electron chi connectivity index (χ0n) is 11.6. The first kappa shape index (κ1) is 14.6. The van der Waals surface area contributed by atoms with Crippen molar-refractivity contribution >= 4 is 34.7 Å². The number of aliphatic hydroxyl groups excluding tert-OH is 1. The van der Waals surface area contributed by atoms with Crippen molar-refractivity contribution in [3.05, 3.63) is 51.2 Å². The second kappa shape index (κ2) is 6.64. The number of carbonyl (C=O) groups is 1. The number of rotatable bonds is 4. The molecule has 0 saturated carbocycles. The molecule has 0 aliphatic carbocycles. The molecule has 0 bridgehead atoms. The predicted molar refractivity (Wildman–Crippen MR) is 89.4 cm³/mol. The Morgan fingerprint density at radius 1 is 1.29 bits per heavy atom. The third kappa shape index (κ3) is 3.48. The molecule has 1 amide bonds. The van der Waals surface area contributed by atoms with Crippen LogP contribution in [0.15, 0.2) is 30.3 Å². The normalized spacial score (nSPS) is 13.8. The number of carbonyl (C=O) groups excluding carboxylic acids is 1. The van der Waals surface area contributed by atoms with Crippen molar-refractivity contribution in [3.63, 3.8) is 0 Å². The van der Waals surface area contributed by atoms with Crippen molar-refractivity contribution in [1.82, 2.24) is 0 Å². The van der Waals surface area contributed by atoms with E-state index in [1.807, 2.05) is 42.1 Å². The van der Waals surface area contributed by atoms with Crippen LogP contribution in [0.5, 0.6) is 0 Å². The van der Waals surface area contributed by atoms with Gasteiger partial charge in [0.1, 0.15) is 0 Å². The number of aliphatic hydroxyl groups is 1. The van der Waals surface area contributed by atoms with E-state index in [2.05, 4.69) is 5.32 Å². The summed E-state index contributed by atoms with van der Waals surface area (Å²) in [5, 5.41) is 11.8. The number of anilines is 1. The van der Waals surface area contributed by atoms with E-state index < -0.39 is 0 Å². The number of thioether (sulfide) groups is 1. The molecule has 110 valence electrons. The summed E-state index contributed by atoms with van der Waals surface area (Å²) >= 11 is 3.54. The number of amides is 1. The molecule has 2 heterocycles. The molecule has 1 aromatic heterocycles. The van der Waals surface area contributed by atoms with Gasteiger partial charge in [-0.05, 0) is 47.9 Å². The molecule has 2 N–H and O–H groups in total. The lowest BCUT2D eigenvalue weighted by atomic mass is 10.1. The number of nitrogens with one attached hydrogen (secondary N) is 1. The van der Waals surface area contributed by atoms with Gasteiger partial charge in [0.05, 0.1) is 4.88 Å². The fourth-order valence-corrected chi connectivity index (χ4v) is 4.60. The summed E-state index contributed by atoms with van der Waals surface area (Å²) in [5.74, 6) is 2.14. The second-order valence-electron chi connectivity index (χ2n) is 4.99. The Bertz CT molecular complexity index is 611. The van der Waals surface area contributed by atoms with Crippen LogP contribution in [0, 0.1) is 0 Å². The summed E-state index contributed by atoms with van der Waals surface area (Å²) in [6, 6.07) is 9.66. The highest BCUT2D eigenvalue weighted by Gasteiger charge is 2.17. The van der Waals surface area contributed by atoms with Gasteiger partial charge < -0.3 is 10.4 Å². The first-order valence-corrected chi connectivity index (χ1v) is 8.94. The summed E-state index contributed by atoms with van der Waals surface area (Å²) in [4.78, 5) is 14.4. The Morgan fingerprint density at radius 3 is 2.81 bits per heavy atom. The second-order valence-corrected chi connectivity index (χ2v) is 7.23. The Kier molecular flexibility index (Phi) is 4.63. The SMILES string of the molecule is O=C(Nc1ccc(CCO)cc1)c1cc2c(s1)CCSC2. The third-order valence-electron chi connectivity index (χ3n) is 3.46. The topological polar surface area (TPSA) is 49.3 Å². The summed E-state index contributed by atoms with van der Waals surface area (Å²) in [6.07, 6.45) is 1.72. The monoisotopic (exact) mass is 319 g/mol. The molecular formula is C16H17NO2S2. The van der Waals surface area contributed by atoms with Gasteiger partial charge in [0.25, 0.3) is 5.91 Å². The van der Waals surface area contributed by atoms with Gasteiger partial charge in [-0.1, -0.05) is 12.1 Å². The van der Waals surface area contributed by atoms with Crippen molar-refractivity contribution in [3.8, 4) is 0 Å². The van der Waals surface area contributed by atoms with Crippen molar-refractivity contribution in [2.75, 3.05) is 17.7 Å². The Labute approximate surface area is 132 Å². The van der Waals surface area contributed by atoms with Crippen molar-refractivity contribution in [2.45, 2.75) is 18.6 Å². The van der Waals surface area contributed by atoms with Crippen LogP contribution in [0.3, 0.4) is 0 Å². The van der Waals surface area contributed by atoms with Crippen molar-refractivity contribution in [2.24, 2.45) is 0 Å². The molecule has 3 nitrogen and oxygen atoms in total. The first-order valence-electron chi connectivity index (χ1n) is 6.97. The number of fused-ring (bicyclic) bond motifs is 1. The number of hydrogen-bond donors (Lipinski definition) is 2. The number of benzene rings is 1. The molecule has 21 heavy (non-hydrogen) atoms. The lowest BCUT2D eigenvalue weighted by molar-refractivity contribution is 0.103. The van der Waals surface area contributed by atoms with Gasteiger partial charge in [0.2, 0.25) is 0 Å². The van der Waals surface area contributed by atoms with Crippen molar-refractivity contribution < 1.29 is 9.90 Å². The van der Waals surface area contributed by atoms with Crippen LogP contribution in [-0.4, -0.2) is 23.4 Å². The Balaban J connectivity index is 1.69. The van der Waals surface area contributed by atoms with E-state index in [1.54, 1.807) is 11.3 Å². The van der Waals surface area contributed by atoms with E-state index in [0.29, 0.717) is 6.42 Å². The van der Waals surface area contributed by atoms with Crippen LogP contribution in [0.25, 0.3) is 0 Å². The Morgan fingerprint density at radius 2 is 2.10 bits per heavy atom. The van der Waals surface area contributed by atoms with Crippen LogP contribution in [-0.2, 0) is 18.6 Å². The van der Waals surface area contributed by atoms with Crippen molar-refractivity contribution in [1.29, 1.82) is 0 Å². The zero-order valence-corrected chi connectivity index (χ0v) is 13.2. The molecule has 5 heteroatoms. The Hall–Kier alpha value is -1.30. The molecule has 1 aromatic carbocycles. The molecule has 3 rings (SSSR count). The standard InChI is InChI=1S/C16H17NO2S2/c18-7-5-11-1-3-13(4-2-11)17-16(19)15-9-12-10-20-8-6-14(12)21-15/h1-4,9,18H,5-8,10H2,(H,17,19). The highest BCUT2D eigenvalue weighted by Crippen LogP contribution is 2.32. The molecule has 1 aliphatic heterocycles.